The van der Waals surface area contributed by atoms with Crippen molar-refractivity contribution < 1.29 is 17.6 Å². The van der Waals surface area contributed by atoms with Crippen molar-refractivity contribution in [1.82, 2.24) is 9.21 Å². The number of furan rings is 1. The van der Waals surface area contributed by atoms with Gasteiger partial charge in [0.05, 0.1) is 24.7 Å². The van der Waals surface area contributed by atoms with E-state index in [-0.39, 0.29) is 0 Å². The van der Waals surface area contributed by atoms with Crippen LogP contribution in [0.1, 0.15) is 37.5 Å². The van der Waals surface area contributed by atoms with Gasteiger partial charge in [0.1, 0.15) is 11.3 Å². The molecule has 3 heterocycles. The van der Waals surface area contributed by atoms with Crippen molar-refractivity contribution in [3.8, 4) is 0 Å². The maximum Gasteiger partial charge on any atom is 0.243 e. The molecular formula is C20H28N2O4S. The number of nitrogens with zero attached hydrogens (tertiary/aromatic N) is 2. The first-order chi connectivity index (χ1) is 13.0. The zero-order chi connectivity index (χ0) is 19.0. The summed E-state index contributed by atoms with van der Waals surface area (Å²) in [5, 5.41) is 0.893. The number of rotatable bonds is 4. The molecule has 2 aliphatic heterocycles. The van der Waals surface area contributed by atoms with E-state index in [9.17, 15) is 8.42 Å². The van der Waals surface area contributed by atoms with Crippen LogP contribution in [-0.2, 0) is 21.3 Å². The average Bonchev–Trinajstić information content (AvgIpc) is 2.99. The minimum Gasteiger partial charge on any atom is -0.459 e. The topological polar surface area (TPSA) is 63.0 Å². The summed E-state index contributed by atoms with van der Waals surface area (Å²) in [6.07, 6.45) is 3.74. The second kappa shape index (κ2) is 7.54. The molecule has 1 aromatic heterocycles. The molecule has 7 heteroatoms. The third-order valence-electron chi connectivity index (χ3n) is 5.90. The number of piperidine rings is 1. The molecule has 0 spiro atoms. The maximum absolute atomic E-state index is 12.9. The molecule has 2 aromatic rings. The minimum atomic E-state index is -3.50. The Bertz CT molecular complexity index is 915. The van der Waals surface area contributed by atoms with E-state index in [2.05, 4.69) is 11.8 Å². The van der Waals surface area contributed by atoms with E-state index in [1.165, 1.54) is 23.6 Å². The van der Waals surface area contributed by atoms with Crippen LogP contribution in [0, 0.1) is 6.92 Å². The van der Waals surface area contributed by atoms with E-state index >= 15 is 0 Å². The van der Waals surface area contributed by atoms with Gasteiger partial charge in [-0.2, -0.15) is 4.31 Å². The van der Waals surface area contributed by atoms with Gasteiger partial charge < -0.3 is 9.15 Å². The van der Waals surface area contributed by atoms with Gasteiger partial charge in [0, 0.05) is 24.5 Å². The SMILES string of the molecule is Cc1c(CN2CCCCC2C)oc2ccc(S(=O)(=O)N3CCOCC3)cc12. The van der Waals surface area contributed by atoms with E-state index in [1.54, 1.807) is 18.2 Å². The fourth-order valence-electron chi connectivity index (χ4n) is 4.07. The van der Waals surface area contributed by atoms with Crippen LogP contribution < -0.4 is 0 Å². The fourth-order valence-corrected chi connectivity index (χ4v) is 5.51. The van der Waals surface area contributed by atoms with Crippen LogP contribution in [0.15, 0.2) is 27.5 Å². The number of fused-ring (bicyclic) bond motifs is 1. The molecule has 6 nitrogen and oxygen atoms in total. The molecule has 0 N–H and O–H groups in total. The lowest BCUT2D eigenvalue weighted by Gasteiger charge is -2.32. The molecule has 0 saturated carbocycles. The van der Waals surface area contributed by atoms with Crippen molar-refractivity contribution in [2.45, 2.75) is 50.6 Å². The predicted octanol–water partition coefficient (Wildman–Crippen LogP) is 3.14. The normalized spacial score (nSPS) is 23.1. The standard InChI is InChI=1S/C20H28N2O4S/c1-15-5-3-4-8-21(15)14-20-16(2)18-13-17(6-7-19(18)26-20)27(23,24)22-9-11-25-12-10-22/h6-7,13,15H,3-5,8-12,14H2,1-2H3. The summed E-state index contributed by atoms with van der Waals surface area (Å²) in [5.74, 6) is 0.944. The molecule has 2 fully saturated rings. The van der Waals surface area contributed by atoms with Crippen LogP contribution in [0.25, 0.3) is 11.0 Å². The summed E-state index contributed by atoms with van der Waals surface area (Å²) in [4.78, 5) is 2.79. The van der Waals surface area contributed by atoms with Crippen LogP contribution in [0.2, 0.25) is 0 Å². The molecule has 0 bridgehead atoms. The minimum absolute atomic E-state index is 0.332. The monoisotopic (exact) mass is 392 g/mol. The molecule has 2 aliphatic rings. The third kappa shape index (κ3) is 3.66. The average molecular weight is 393 g/mol. The van der Waals surface area contributed by atoms with Gasteiger partial charge in [-0.15, -0.1) is 0 Å². The molecule has 1 aromatic carbocycles. The van der Waals surface area contributed by atoms with Gasteiger partial charge in [-0.05, 0) is 57.0 Å². The largest absolute Gasteiger partial charge is 0.459 e. The maximum atomic E-state index is 12.9. The highest BCUT2D eigenvalue weighted by Crippen LogP contribution is 2.31. The number of hydrogen-bond donors (Lipinski definition) is 0. The first-order valence-electron chi connectivity index (χ1n) is 9.81. The Labute approximate surface area is 161 Å². The van der Waals surface area contributed by atoms with Crippen LogP contribution in [0.5, 0.6) is 0 Å². The van der Waals surface area contributed by atoms with E-state index < -0.39 is 10.0 Å². The predicted molar refractivity (Wildman–Crippen MR) is 104 cm³/mol. The zero-order valence-electron chi connectivity index (χ0n) is 16.1. The molecular weight excluding hydrogens is 364 g/mol. The molecule has 4 rings (SSSR count). The quantitative estimate of drug-likeness (QED) is 0.800. The Morgan fingerprint density at radius 2 is 1.93 bits per heavy atom. The van der Waals surface area contributed by atoms with Gasteiger partial charge in [-0.25, -0.2) is 8.42 Å². The molecule has 2 saturated heterocycles. The van der Waals surface area contributed by atoms with Crippen LogP contribution >= 0.6 is 0 Å². The number of ether oxygens (including phenoxy) is 1. The Hall–Kier alpha value is -1.41. The fraction of sp³-hybridized carbons (Fsp3) is 0.600. The summed E-state index contributed by atoms with van der Waals surface area (Å²) in [6.45, 7) is 7.88. The van der Waals surface area contributed by atoms with Crippen molar-refractivity contribution >= 4 is 21.0 Å². The third-order valence-corrected chi connectivity index (χ3v) is 7.80. The number of hydrogen-bond acceptors (Lipinski definition) is 5. The van der Waals surface area contributed by atoms with Crippen molar-refractivity contribution in [1.29, 1.82) is 0 Å². The highest BCUT2D eigenvalue weighted by molar-refractivity contribution is 7.89. The molecule has 1 atom stereocenters. The molecule has 27 heavy (non-hydrogen) atoms. The van der Waals surface area contributed by atoms with Gasteiger partial charge >= 0.3 is 0 Å². The number of morpholine rings is 1. The number of aryl methyl sites for hydroxylation is 1. The highest BCUT2D eigenvalue weighted by Gasteiger charge is 2.27. The highest BCUT2D eigenvalue weighted by atomic mass is 32.2. The Kier molecular flexibility index (Phi) is 5.29. The number of benzene rings is 1. The van der Waals surface area contributed by atoms with Crippen molar-refractivity contribution in [2.24, 2.45) is 0 Å². The molecule has 148 valence electrons. The summed E-state index contributed by atoms with van der Waals surface area (Å²) in [6, 6.07) is 5.77. The lowest BCUT2D eigenvalue weighted by molar-refractivity contribution is 0.0730. The Morgan fingerprint density at radius 3 is 2.67 bits per heavy atom. The van der Waals surface area contributed by atoms with Gasteiger partial charge in [0.25, 0.3) is 0 Å². The first-order valence-corrected chi connectivity index (χ1v) is 11.2. The summed E-state index contributed by atoms with van der Waals surface area (Å²) < 4.78 is 38.8. The van der Waals surface area contributed by atoms with Crippen molar-refractivity contribution in [2.75, 3.05) is 32.8 Å². The van der Waals surface area contributed by atoms with Gasteiger partial charge in [0.2, 0.25) is 10.0 Å². The van der Waals surface area contributed by atoms with E-state index in [1.807, 2.05) is 6.92 Å². The second-order valence-electron chi connectivity index (χ2n) is 7.64. The van der Waals surface area contributed by atoms with E-state index in [0.29, 0.717) is 37.2 Å². The van der Waals surface area contributed by atoms with Crippen molar-refractivity contribution in [3.05, 3.63) is 29.5 Å². The Balaban J connectivity index is 1.63. The van der Waals surface area contributed by atoms with Gasteiger partial charge in [-0.1, -0.05) is 6.42 Å². The van der Waals surface area contributed by atoms with Crippen LogP contribution in [-0.4, -0.2) is 56.5 Å². The molecule has 0 amide bonds. The van der Waals surface area contributed by atoms with Crippen LogP contribution in [0.3, 0.4) is 0 Å². The summed E-state index contributed by atoms with van der Waals surface area (Å²) >= 11 is 0. The first kappa shape index (κ1) is 18.9. The van der Waals surface area contributed by atoms with Crippen LogP contribution in [0.4, 0.5) is 0 Å². The summed E-state index contributed by atoms with van der Waals surface area (Å²) in [7, 11) is -3.50. The van der Waals surface area contributed by atoms with Gasteiger partial charge in [-0.3, -0.25) is 4.90 Å². The lowest BCUT2D eigenvalue weighted by Crippen LogP contribution is -2.40. The van der Waals surface area contributed by atoms with Crippen molar-refractivity contribution in [3.63, 3.8) is 0 Å². The molecule has 1 unspecified atom stereocenters. The number of sulfonamides is 1. The summed E-state index contributed by atoms with van der Waals surface area (Å²) in [5.41, 5.74) is 1.80. The van der Waals surface area contributed by atoms with Gasteiger partial charge in [0.15, 0.2) is 0 Å². The molecule has 0 aliphatic carbocycles. The smallest absolute Gasteiger partial charge is 0.243 e. The van der Waals surface area contributed by atoms with E-state index in [4.69, 9.17) is 9.15 Å². The lowest BCUT2D eigenvalue weighted by atomic mass is 10.0. The number of likely N-dealkylation sites (tertiary alicyclic amines) is 1. The van der Waals surface area contributed by atoms with E-state index in [0.717, 1.165) is 35.4 Å². The molecule has 0 radical (unpaired) electrons. The zero-order valence-corrected chi connectivity index (χ0v) is 16.9. The Morgan fingerprint density at radius 1 is 1.15 bits per heavy atom. The second-order valence-corrected chi connectivity index (χ2v) is 9.58.